The highest BCUT2D eigenvalue weighted by Gasteiger charge is 2.27. The van der Waals surface area contributed by atoms with Gasteiger partial charge < -0.3 is 14.8 Å². The molecular weight excluding hydrogens is 432 g/mol. The van der Waals surface area contributed by atoms with Gasteiger partial charge in [0.1, 0.15) is 9.88 Å². The van der Waals surface area contributed by atoms with Gasteiger partial charge in [0.15, 0.2) is 0 Å². The molecule has 1 amide bonds. The first kappa shape index (κ1) is 23.4. The molecule has 0 atom stereocenters. The van der Waals surface area contributed by atoms with Crippen LogP contribution in [0.1, 0.15) is 39.4 Å². The lowest BCUT2D eigenvalue weighted by Gasteiger charge is -2.07. The number of nitro groups is 1. The summed E-state index contributed by atoms with van der Waals surface area (Å²) in [5, 5.41) is 13.6. The van der Waals surface area contributed by atoms with Crippen molar-refractivity contribution in [2.24, 2.45) is 0 Å². The summed E-state index contributed by atoms with van der Waals surface area (Å²) < 4.78 is 10.1. The van der Waals surface area contributed by atoms with Crippen molar-refractivity contribution in [2.45, 2.75) is 25.7 Å². The first-order chi connectivity index (χ1) is 14.3. The molecule has 160 valence electrons. The number of amides is 1. The fourth-order valence-electron chi connectivity index (χ4n) is 2.42. The number of thioether (sulfide) groups is 1. The fourth-order valence-corrected chi connectivity index (χ4v) is 4.22. The standard InChI is InChI=1S/C19H20N2O7S2/c1-4-27-18(23)15-11(3)16(19(24)28-5-2)30-17(15)20-14(22)10-29-13-8-6-12(7-9-13)21(25)26/h6-9H,4-5,10H2,1-3H3,(H,20,22). The van der Waals surface area contributed by atoms with Crippen molar-refractivity contribution in [1.82, 2.24) is 0 Å². The van der Waals surface area contributed by atoms with E-state index in [2.05, 4.69) is 5.32 Å². The third-order valence-corrected chi connectivity index (χ3v) is 5.96. The molecule has 0 aliphatic carbocycles. The molecule has 9 nitrogen and oxygen atoms in total. The topological polar surface area (TPSA) is 125 Å². The van der Waals surface area contributed by atoms with E-state index in [0.717, 1.165) is 11.3 Å². The second-order valence-corrected chi connectivity index (χ2v) is 7.86. The molecule has 0 unspecified atom stereocenters. The molecule has 0 bridgehead atoms. The van der Waals surface area contributed by atoms with Crippen LogP contribution in [0.5, 0.6) is 0 Å². The zero-order valence-corrected chi connectivity index (χ0v) is 18.2. The largest absolute Gasteiger partial charge is 0.462 e. The minimum atomic E-state index is -0.639. The van der Waals surface area contributed by atoms with Gasteiger partial charge in [-0.05, 0) is 38.5 Å². The molecule has 1 aromatic carbocycles. The second kappa shape index (κ2) is 10.7. The van der Waals surface area contributed by atoms with Crippen LogP contribution in [-0.4, -0.2) is 41.7 Å². The minimum absolute atomic E-state index is 0.00572. The Morgan fingerprint density at radius 2 is 1.70 bits per heavy atom. The van der Waals surface area contributed by atoms with Crippen molar-refractivity contribution in [3.05, 3.63) is 50.4 Å². The van der Waals surface area contributed by atoms with Gasteiger partial charge in [-0.1, -0.05) is 0 Å². The summed E-state index contributed by atoms with van der Waals surface area (Å²) in [7, 11) is 0. The summed E-state index contributed by atoms with van der Waals surface area (Å²) in [5.74, 6) is -1.61. The molecule has 11 heteroatoms. The van der Waals surface area contributed by atoms with E-state index in [1.807, 2.05) is 0 Å². The number of anilines is 1. The molecule has 0 saturated heterocycles. The van der Waals surface area contributed by atoms with Crippen LogP contribution in [0.3, 0.4) is 0 Å². The first-order valence-corrected chi connectivity index (χ1v) is 10.7. The maximum Gasteiger partial charge on any atom is 0.348 e. The normalized spacial score (nSPS) is 10.4. The number of hydrogen-bond acceptors (Lipinski definition) is 9. The number of hydrogen-bond donors (Lipinski definition) is 1. The molecule has 2 rings (SSSR count). The number of benzene rings is 1. The fraction of sp³-hybridized carbons (Fsp3) is 0.316. The van der Waals surface area contributed by atoms with Crippen molar-refractivity contribution in [2.75, 3.05) is 24.3 Å². The van der Waals surface area contributed by atoms with Crippen LogP contribution in [0, 0.1) is 17.0 Å². The highest BCUT2D eigenvalue weighted by atomic mass is 32.2. The van der Waals surface area contributed by atoms with Crippen LogP contribution >= 0.6 is 23.1 Å². The molecule has 0 radical (unpaired) electrons. The van der Waals surface area contributed by atoms with Gasteiger partial charge in [0.25, 0.3) is 5.69 Å². The van der Waals surface area contributed by atoms with Crippen molar-refractivity contribution >= 4 is 51.6 Å². The molecular formula is C19H20N2O7S2. The quantitative estimate of drug-likeness (QED) is 0.261. The predicted molar refractivity (Wildman–Crippen MR) is 113 cm³/mol. The number of carbonyl (C=O) groups is 3. The first-order valence-electron chi connectivity index (χ1n) is 8.93. The van der Waals surface area contributed by atoms with E-state index < -0.39 is 22.8 Å². The Morgan fingerprint density at radius 3 is 2.27 bits per heavy atom. The Bertz CT molecular complexity index is 955. The Balaban J connectivity index is 2.15. The van der Waals surface area contributed by atoms with Crippen molar-refractivity contribution in [3.63, 3.8) is 0 Å². The minimum Gasteiger partial charge on any atom is -0.462 e. The molecule has 0 aliphatic heterocycles. The Morgan fingerprint density at radius 1 is 1.10 bits per heavy atom. The smallest absolute Gasteiger partial charge is 0.348 e. The molecule has 2 aromatic rings. The van der Waals surface area contributed by atoms with Gasteiger partial charge in [0.2, 0.25) is 5.91 Å². The molecule has 30 heavy (non-hydrogen) atoms. The number of non-ortho nitro benzene ring substituents is 1. The number of nitrogens with one attached hydrogen (secondary N) is 1. The summed E-state index contributed by atoms with van der Waals surface area (Å²) in [6, 6.07) is 5.81. The highest BCUT2D eigenvalue weighted by molar-refractivity contribution is 8.00. The van der Waals surface area contributed by atoms with Crippen LogP contribution in [0.15, 0.2) is 29.2 Å². The van der Waals surface area contributed by atoms with Gasteiger partial charge in [0, 0.05) is 17.0 Å². The van der Waals surface area contributed by atoms with Gasteiger partial charge in [0.05, 0.1) is 29.5 Å². The molecule has 0 saturated carbocycles. The van der Waals surface area contributed by atoms with E-state index in [1.165, 1.54) is 23.9 Å². The SMILES string of the molecule is CCOC(=O)c1sc(NC(=O)CSc2ccc([N+](=O)[O-])cc2)c(C(=O)OCC)c1C. The van der Waals surface area contributed by atoms with Gasteiger partial charge in [-0.2, -0.15) is 0 Å². The molecule has 1 heterocycles. The summed E-state index contributed by atoms with van der Waals surface area (Å²) >= 11 is 2.13. The van der Waals surface area contributed by atoms with E-state index in [9.17, 15) is 24.5 Å². The third-order valence-electron chi connectivity index (χ3n) is 3.76. The molecule has 0 aliphatic rings. The number of rotatable bonds is 9. The van der Waals surface area contributed by atoms with Gasteiger partial charge in [-0.3, -0.25) is 14.9 Å². The Kier molecular flexibility index (Phi) is 8.36. The number of nitro benzene ring substituents is 1. The van der Waals surface area contributed by atoms with Gasteiger partial charge >= 0.3 is 11.9 Å². The lowest BCUT2D eigenvalue weighted by atomic mass is 10.1. The van der Waals surface area contributed by atoms with E-state index in [4.69, 9.17) is 9.47 Å². The van der Waals surface area contributed by atoms with Gasteiger partial charge in [-0.15, -0.1) is 23.1 Å². The Labute approximate surface area is 180 Å². The molecule has 0 fully saturated rings. The lowest BCUT2D eigenvalue weighted by molar-refractivity contribution is -0.384. The van der Waals surface area contributed by atoms with Crippen molar-refractivity contribution in [3.8, 4) is 0 Å². The predicted octanol–water partition coefficient (Wildman–Crippen LogP) is 4.05. The second-order valence-electron chi connectivity index (χ2n) is 5.79. The third kappa shape index (κ3) is 5.80. The van der Waals surface area contributed by atoms with Crippen LogP contribution in [-0.2, 0) is 14.3 Å². The molecule has 1 aromatic heterocycles. The maximum absolute atomic E-state index is 12.4. The summed E-state index contributed by atoms with van der Waals surface area (Å²) in [4.78, 5) is 48.0. The van der Waals surface area contributed by atoms with Crippen molar-refractivity contribution in [1.29, 1.82) is 0 Å². The molecule has 0 spiro atoms. The van der Waals surface area contributed by atoms with E-state index in [0.29, 0.717) is 10.5 Å². The van der Waals surface area contributed by atoms with E-state index in [-0.39, 0.29) is 40.1 Å². The number of carbonyl (C=O) groups excluding carboxylic acids is 3. The number of thiophene rings is 1. The number of ether oxygens (including phenoxy) is 2. The average Bonchev–Trinajstić information content (AvgIpc) is 3.03. The summed E-state index contributed by atoms with van der Waals surface area (Å²) in [6.45, 7) is 5.25. The van der Waals surface area contributed by atoms with Crippen LogP contribution in [0.25, 0.3) is 0 Å². The van der Waals surface area contributed by atoms with Crippen LogP contribution < -0.4 is 5.32 Å². The summed E-state index contributed by atoms with van der Waals surface area (Å²) in [6.07, 6.45) is 0. The zero-order chi connectivity index (χ0) is 22.3. The van der Waals surface area contributed by atoms with Crippen LogP contribution in [0.2, 0.25) is 0 Å². The average molecular weight is 453 g/mol. The lowest BCUT2D eigenvalue weighted by Crippen LogP contribution is -2.16. The Hall–Kier alpha value is -2.92. The number of nitrogens with zero attached hydrogens (tertiary/aromatic N) is 1. The van der Waals surface area contributed by atoms with Crippen molar-refractivity contribution < 1.29 is 28.8 Å². The maximum atomic E-state index is 12.4. The highest BCUT2D eigenvalue weighted by Crippen LogP contribution is 2.34. The van der Waals surface area contributed by atoms with E-state index in [1.54, 1.807) is 32.9 Å². The number of esters is 2. The van der Waals surface area contributed by atoms with Crippen LogP contribution in [0.4, 0.5) is 10.7 Å². The zero-order valence-electron chi connectivity index (χ0n) is 16.6. The van der Waals surface area contributed by atoms with E-state index >= 15 is 0 Å². The monoisotopic (exact) mass is 452 g/mol. The molecule has 1 N–H and O–H groups in total. The van der Waals surface area contributed by atoms with Gasteiger partial charge in [-0.25, -0.2) is 9.59 Å². The summed E-state index contributed by atoms with van der Waals surface area (Å²) in [5.41, 5.74) is 0.470.